The van der Waals surface area contributed by atoms with Gasteiger partial charge in [-0.05, 0) is 38.8 Å². The van der Waals surface area contributed by atoms with Crippen molar-refractivity contribution in [3.05, 3.63) is 39.3 Å². The van der Waals surface area contributed by atoms with Crippen molar-refractivity contribution in [2.45, 2.75) is 39.3 Å². The predicted octanol–water partition coefficient (Wildman–Crippen LogP) is 1.97. The molecule has 2 N–H and O–H groups in total. The molecule has 0 aromatic carbocycles. The molecule has 3 heterocycles. The zero-order chi connectivity index (χ0) is 16.6. The maximum Gasteiger partial charge on any atom is 0.264 e. The molecule has 0 radical (unpaired) electrons. The number of hydrogen-bond acceptors (Lipinski definition) is 4. The number of thiophene rings is 1. The van der Waals surface area contributed by atoms with Gasteiger partial charge in [0.05, 0.1) is 28.7 Å². The zero-order valence-corrected chi connectivity index (χ0v) is 14.1. The normalized spacial score (nSPS) is 17.7. The smallest absolute Gasteiger partial charge is 0.264 e. The van der Waals surface area contributed by atoms with Crippen LogP contribution in [0.25, 0.3) is 0 Å². The zero-order valence-electron chi connectivity index (χ0n) is 13.3. The van der Waals surface area contributed by atoms with Gasteiger partial charge in [0, 0.05) is 17.6 Å². The van der Waals surface area contributed by atoms with Crippen LogP contribution in [0.1, 0.15) is 44.3 Å². The van der Waals surface area contributed by atoms with Gasteiger partial charge in [-0.1, -0.05) is 0 Å². The molecule has 0 aliphatic carbocycles. The standard InChI is InChI=1S/C16H20N4O2S/c1-10-6-11(2)20(18-10)8-13-4-3-5-19(13)16(22)14-7-12(9-23-14)15(17)21/h6-7,9,13H,3-5,8H2,1-2H3,(H2,17,21). The van der Waals surface area contributed by atoms with Crippen molar-refractivity contribution in [3.8, 4) is 0 Å². The van der Waals surface area contributed by atoms with Crippen LogP contribution in [-0.2, 0) is 6.54 Å². The minimum absolute atomic E-state index is 0.0217. The van der Waals surface area contributed by atoms with E-state index in [0.29, 0.717) is 17.0 Å². The van der Waals surface area contributed by atoms with Crippen molar-refractivity contribution in [1.82, 2.24) is 14.7 Å². The number of rotatable bonds is 4. The lowest BCUT2D eigenvalue weighted by atomic mass is 10.2. The minimum atomic E-state index is -0.499. The molecule has 23 heavy (non-hydrogen) atoms. The summed E-state index contributed by atoms with van der Waals surface area (Å²) < 4.78 is 1.97. The first-order chi connectivity index (χ1) is 11.0. The van der Waals surface area contributed by atoms with Crippen molar-refractivity contribution in [2.24, 2.45) is 5.73 Å². The van der Waals surface area contributed by atoms with Crippen molar-refractivity contribution in [3.63, 3.8) is 0 Å². The van der Waals surface area contributed by atoms with E-state index in [1.54, 1.807) is 11.4 Å². The van der Waals surface area contributed by atoms with Gasteiger partial charge in [0.2, 0.25) is 5.91 Å². The fraction of sp³-hybridized carbons (Fsp3) is 0.438. The first kappa shape index (κ1) is 15.7. The van der Waals surface area contributed by atoms with E-state index >= 15 is 0 Å². The number of likely N-dealkylation sites (tertiary alicyclic amines) is 1. The molecule has 1 atom stereocenters. The fourth-order valence-electron chi connectivity index (χ4n) is 3.07. The topological polar surface area (TPSA) is 81.2 Å². The number of nitrogens with two attached hydrogens (primary N) is 1. The molecule has 122 valence electrons. The Hall–Kier alpha value is -2.15. The van der Waals surface area contributed by atoms with Gasteiger partial charge in [-0.25, -0.2) is 0 Å². The molecule has 1 aliphatic heterocycles. The number of nitrogens with zero attached hydrogens (tertiary/aromatic N) is 3. The number of carbonyl (C=O) groups excluding carboxylic acids is 2. The fourth-order valence-corrected chi connectivity index (χ4v) is 3.92. The van der Waals surface area contributed by atoms with Crippen LogP contribution in [0.15, 0.2) is 17.5 Å². The van der Waals surface area contributed by atoms with Crippen LogP contribution in [-0.4, -0.2) is 39.1 Å². The van der Waals surface area contributed by atoms with Crippen LogP contribution < -0.4 is 5.73 Å². The third kappa shape index (κ3) is 3.14. The molecule has 1 saturated heterocycles. The number of carbonyl (C=O) groups is 2. The molecule has 1 aliphatic rings. The number of aromatic nitrogens is 2. The Kier molecular flexibility index (Phi) is 4.21. The van der Waals surface area contributed by atoms with Crippen molar-refractivity contribution < 1.29 is 9.59 Å². The summed E-state index contributed by atoms with van der Waals surface area (Å²) in [6, 6.07) is 3.77. The molecule has 0 bridgehead atoms. The average molecular weight is 332 g/mol. The van der Waals surface area contributed by atoms with Gasteiger partial charge < -0.3 is 10.6 Å². The van der Waals surface area contributed by atoms with E-state index < -0.39 is 5.91 Å². The molecule has 6 nitrogen and oxygen atoms in total. The van der Waals surface area contributed by atoms with Crippen LogP contribution in [0.2, 0.25) is 0 Å². The Morgan fingerprint density at radius 3 is 2.78 bits per heavy atom. The van der Waals surface area contributed by atoms with Crippen LogP contribution in [0, 0.1) is 13.8 Å². The SMILES string of the molecule is Cc1cc(C)n(CC2CCCN2C(=O)c2cc(C(N)=O)cs2)n1. The predicted molar refractivity (Wildman–Crippen MR) is 88.6 cm³/mol. The lowest BCUT2D eigenvalue weighted by Crippen LogP contribution is -2.38. The van der Waals surface area contributed by atoms with Gasteiger partial charge in [-0.3, -0.25) is 14.3 Å². The second-order valence-electron chi connectivity index (χ2n) is 5.97. The van der Waals surface area contributed by atoms with Gasteiger partial charge in [0.25, 0.3) is 5.91 Å². The van der Waals surface area contributed by atoms with E-state index in [-0.39, 0.29) is 11.9 Å². The molecule has 1 unspecified atom stereocenters. The Bertz CT molecular complexity index is 749. The van der Waals surface area contributed by atoms with Crippen LogP contribution >= 0.6 is 11.3 Å². The van der Waals surface area contributed by atoms with E-state index in [1.165, 1.54) is 11.3 Å². The Morgan fingerprint density at radius 2 is 2.17 bits per heavy atom. The van der Waals surface area contributed by atoms with E-state index in [4.69, 9.17) is 5.73 Å². The first-order valence-corrected chi connectivity index (χ1v) is 8.54. The third-order valence-electron chi connectivity index (χ3n) is 4.22. The summed E-state index contributed by atoms with van der Waals surface area (Å²) in [5.74, 6) is -0.521. The summed E-state index contributed by atoms with van der Waals surface area (Å²) in [6.45, 7) is 5.45. The number of primary amides is 1. The van der Waals surface area contributed by atoms with Crippen LogP contribution in [0.5, 0.6) is 0 Å². The molecule has 1 fully saturated rings. The van der Waals surface area contributed by atoms with Gasteiger partial charge >= 0.3 is 0 Å². The largest absolute Gasteiger partial charge is 0.366 e. The molecule has 0 spiro atoms. The molecular formula is C16H20N4O2S. The highest BCUT2D eigenvalue weighted by Crippen LogP contribution is 2.25. The second-order valence-corrected chi connectivity index (χ2v) is 6.88. The Labute approximate surface area is 138 Å². The average Bonchev–Trinajstić information content (AvgIpc) is 3.20. The molecule has 2 aromatic heterocycles. The van der Waals surface area contributed by atoms with Crippen molar-refractivity contribution in [2.75, 3.05) is 6.54 Å². The summed E-state index contributed by atoms with van der Waals surface area (Å²) in [4.78, 5) is 26.4. The quantitative estimate of drug-likeness (QED) is 0.929. The van der Waals surface area contributed by atoms with E-state index in [0.717, 1.165) is 30.8 Å². The highest BCUT2D eigenvalue weighted by atomic mass is 32.1. The summed E-state index contributed by atoms with van der Waals surface area (Å²) in [5, 5.41) is 6.13. The van der Waals surface area contributed by atoms with Gasteiger partial charge in [0.15, 0.2) is 0 Å². The van der Waals surface area contributed by atoms with Crippen LogP contribution in [0.4, 0.5) is 0 Å². The molecule has 3 rings (SSSR count). The molecule has 7 heteroatoms. The molecule has 0 saturated carbocycles. The third-order valence-corrected chi connectivity index (χ3v) is 5.14. The monoisotopic (exact) mass is 332 g/mol. The second kappa shape index (κ2) is 6.16. The highest BCUT2D eigenvalue weighted by molar-refractivity contribution is 7.12. The number of aryl methyl sites for hydroxylation is 2. The van der Waals surface area contributed by atoms with Crippen molar-refractivity contribution >= 4 is 23.2 Å². The molecule has 2 amide bonds. The van der Waals surface area contributed by atoms with E-state index in [1.807, 2.05) is 29.5 Å². The van der Waals surface area contributed by atoms with Gasteiger partial charge in [0.1, 0.15) is 0 Å². The van der Waals surface area contributed by atoms with Crippen LogP contribution in [0.3, 0.4) is 0 Å². The van der Waals surface area contributed by atoms with E-state index in [2.05, 4.69) is 5.10 Å². The first-order valence-electron chi connectivity index (χ1n) is 7.66. The lowest BCUT2D eigenvalue weighted by Gasteiger charge is -2.24. The van der Waals surface area contributed by atoms with Gasteiger partial charge in [-0.2, -0.15) is 5.10 Å². The summed E-state index contributed by atoms with van der Waals surface area (Å²) in [5.41, 5.74) is 7.75. The van der Waals surface area contributed by atoms with E-state index in [9.17, 15) is 9.59 Å². The number of hydrogen-bond donors (Lipinski definition) is 1. The highest BCUT2D eigenvalue weighted by Gasteiger charge is 2.31. The number of amides is 2. The van der Waals surface area contributed by atoms with Gasteiger partial charge in [-0.15, -0.1) is 11.3 Å². The molecule has 2 aromatic rings. The Morgan fingerprint density at radius 1 is 1.39 bits per heavy atom. The summed E-state index contributed by atoms with van der Waals surface area (Å²) in [7, 11) is 0. The minimum Gasteiger partial charge on any atom is -0.366 e. The maximum absolute atomic E-state index is 12.7. The summed E-state index contributed by atoms with van der Waals surface area (Å²) >= 11 is 1.27. The lowest BCUT2D eigenvalue weighted by molar-refractivity contribution is 0.0726. The Balaban J connectivity index is 1.76. The maximum atomic E-state index is 12.7. The summed E-state index contributed by atoms with van der Waals surface area (Å²) in [6.07, 6.45) is 1.96. The molecular weight excluding hydrogens is 312 g/mol. The van der Waals surface area contributed by atoms with Crippen molar-refractivity contribution in [1.29, 1.82) is 0 Å².